The summed E-state index contributed by atoms with van der Waals surface area (Å²) in [6.45, 7) is 2.67. The van der Waals surface area contributed by atoms with E-state index in [0.29, 0.717) is 11.5 Å². The summed E-state index contributed by atoms with van der Waals surface area (Å²) in [5, 5.41) is 0. The summed E-state index contributed by atoms with van der Waals surface area (Å²) in [6, 6.07) is 12.1. The van der Waals surface area contributed by atoms with Gasteiger partial charge < -0.3 is 10.6 Å². The van der Waals surface area contributed by atoms with E-state index in [-0.39, 0.29) is 5.82 Å². The molecule has 2 aromatic carbocycles. The second-order valence-corrected chi connectivity index (χ2v) is 5.61. The Morgan fingerprint density at radius 3 is 2.65 bits per heavy atom. The van der Waals surface area contributed by atoms with Crippen molar-refractivity contribution in [1.82, 2.24) is 0 Å². The Morgan fingerprint density at radius 1 is 1.30 bits per heavy atom. The minimum absolute atomic E-state index is 0.271. The molecule has 0 fully saturated rings. The van der Waals surface area contributed by atoms with E-state index in [1.54, 1.807) is 6.07 Å². The summed E-state index contributed by atoms with van der Waals surface area (Å²) >= 11 is 8.54. The van der Waals surface area contributed by atoms with Crippen LogP contribution in [0.3, 0.4) is 0 Å². The van der Waals surface area contributed by atoms with Crippen molar-refractivity contribution in [2.24, 2.45) is 5.73 Å². The molecular weight excluding hydrogens is 339 g/mol. The maximum absolute atomic E-state index is 13.4. The molecule has 0 bridgehead atoms. The quantitative estimate of drug-likeness (QED) is 0.827. The van der Waals surface area contributed by atoms with Crippen molar-refractivity contribution in [3.05, 3.63) is 58.3 Å². The Morgan fingerprint density at radius 2 is 2.05 bits per heavy atom. The summed E-state index contributed by atoms with van der Waals surface area (Å²) in [7, 11) is 0. The highest BCUT2D eigenvalue weighted by atomic mass is 79.9. The minimum Gasteiger partial charge on any atom is -0.389 e. The summed E-state index contributed by atoms with van der Waals surface area (Å²) in [6.07, 6.45) is 0. The predicted octanol–water partition coefficient (Wildman–Crippen LogP) is 4.38. The third kappa shape index (κ3) is 3.16. The van der Waals surface area contributed by atoms with E-state index in [4.69, 9.17) is 18.0 Å². The molecule has 0 aliphatic rings. The van der Waals surface area contributed by atoms with Gasteiger partial charge in [0.1, 0.15) is 10.8 Å². The van der Waals surface area contributed by atoms with Gasteiger partial charge in [-0.15, -0.1) is 0 Å². The number of hydrogen-bond acceptors (Lipinski definition) is 2. The van der Waals surface area contributed by atoms with Crippen LogP contribution in [0.15, 0.2) is 46.9 Å². The third-order valence-corrected chi connectivity index (χ3v) is 3.67. The summed E-state index contributed by atoms with van der Waals surface area (Å²) in [5.74, 6) is -0.271. The fraction of sp³-hybridized carbons (Fsp3) is 0.133. The SMILES string of the molecule is CCN(c1cccc(F)c1)c1cc(Br)ccc1C(N)=S. The Bertz CT molecular complexity index is 646. The first kappa shape index (κ1) is 14.9. The molecule has 0 atom stereocenters. The standard InChI is InChI=1S/C15H14BrFN2S/c1-2-19(12-5-3-4-11(17)9-12)14-8-10(16)6-7-13(14)15(18)20/h3-9H,2H2,1H3,(H2,18,20). The topological polar surface area (TPSA) is 29.3 Å². The fourth-order valence-electron chi connectivity index (χ4n) is 2.07. The van der Waals surface area contributed by atoms with Crippen LogP contribution in [0.25, 0.3) is 0 Å². The molecule has 0 amide bonds. The Labute approximate surface area is 131 Å². The highest BCUT2D eigenvalue weighted by Crippen LogP contribution is 2.31. The molecule has 20 heavy (non-hydrogen) atoms. The van der Waals surface area contributed by atoms with Crippen molar-refractivity contribution in [2.75, 3.05) is 11.4 Å². The fourth-order valence-corrected chi connectivity index (χ4v) is 2.59. The van der Waals surface area contributed by atoms with Crippen molar-refractivity contribution in [1.29, 1.82) is 0 Å². The molecule has 104 valence electrons. The average Bonchev–Trinajstić information content (AvgIpc) is 2.39. The first-order valence-corrected chi connectivity index (χ1v) is 7.35. The van der Waals surface area contributed by atoms with Crippen molar-refractivity contribution in [3.63, 3.8) is 0 Å². The van der Waals surface area contributed by atoms with Crippen LogP contribution in [0.5, 0.6) is 0 Å². The Hall–Kier alpha value is -1.46. The van der Waals surface area contributed by atoms with Crippen molar-refractivity contribution >= 4 is 44.5 Å². The second-order valence-electron chi connectivity index (χ2n) is 4.25. The summed E-state index contributed by atoms with van der Waals surface area (Å²) in [5.41, 5.74) is 8.18. The number of hydrogen-bond donors (Lipinski definition) is 1. The van der Waals surface area contributed by atoms with E-state index in [0.717, 1.165) is 21.4 Å². The molecule has 0 unspecified atom stereocenters. The van der Waals surface area contributed by atoms with Gasteiger partial charge in [-0.3, -0.25) is 0 Å². The molecule has 0 saturated heterocycles. The number of halogens is 2. The van der Waals surface area contributed by atoms with Crippen LogP contribution in [-0.4, -0.2) is 11.5 Å². The number of anilines is 2. The number of nitrogens with zero attached hydrogens (tertiary/aromatic N) is 1. The molecule has 0 radical (unpaired) electrons. The van der Waals surface area contributed by atoms with Crippen molar-refractivity contribution in [3.8, 4) is 0 Å². The summed E-state index contributed by atoms with van der Waals surface area (Å²) in [4.78, 5) is 2.30. The number of benzene rings is 2. The molecule has 2 nitrogen and oxygen atoms in total. The van der Waals surface area contributed by atoms with Crippen LogP contribution in [0.2, 0.25) is 0 Å². The molecule has 2 N–H and O–H groups in total. The lowest BCUT2D eigenvalue weighted by Gasteiger charge is -2.26. The van der Waals surface area contributed by atoms with Gasteiger partial charge in [0, 0.05) is 22.3 Å². The summed E-state index contributed by atoms with van der Waals surface area (Å²) < 4.78 is 14.4. The maximum Gasteiger partial charge on any atom is 0.125 e. The van der Waals surface area contributed by atoms with E-state index >= 15 is 0 Å². The molecular formula is C15H14BrFN2S. The largest absolute Gasteiger partial charge is 0.389 e. The normalized spacial score (nSPS) is 10.3. The predicted molar refractivity (Wildman–Crippen MR) is 89.1 cm³/mol. The zero-order valence-corrected chi connectivity index (χ0v) is 13.3. The highest BCUT2D eigenvalue weighted by Gasteiger charge is 2.14. The lowest BCUT2D eigenvalue weighted by molar-refractivity contribution is 0.627. The smallest absolute Gasteiger partial charge is 0.125 e. The Kier molecular flexibility index (Phi) is 4.73. The Balaban J connectivity index is 2.57. The van der Waals surface area contributed by atoms with E-state index in [2.05, 4.69) is 15.9 Å². The maximum atomic E-state index is 13.4. The van der Waals surface area contributed by atoms with Crippen LogP contribution in [0.1, 0.15) is 12.5 Å². The number of rotatable bonds is 4. The average molecular weight is 353 g/mol. The van der Waals surface area contributed by atoms with Gasteiger partial charge in [0.15, 0.2) is 0 Å². The molecule has 2 rings (SSSR count). The highest BCUT2D eigenvalue weighted by molar-refractivity contribution is 9.10. The zero-order valence-electron chi connectivity index (χ0n) is 10.9. The lowest BCUT2D eigenvalue weighted by Crippen LogP contribution is -2.21. The van der Waals surface area contributed by atoms with Gasteiger partial charge >= 0.3 is 0 Å². The van der Waals surface area contributed by atoms with Crippen LogP contribution in [0, 0.1) is 5.82 Å². The minimum atomic E-state index is -0.271. The number of nitrogens with two attached hydrogens (primary N) is 1. The van der Waals surface area contributed by atoms with E-state index in [9.17, 15) is 4.39 Å². The van der Waals surface area contributed by atoms with Gasteiger partial charge in [-0.2, -0.15) is 0 Å². The monoisotopic (exact) mass is 352 g/mol. The zero-order chi connectivity index (χ0) is 14.7. The van der Waals surface area contributed by atoms with Crippen LogP contribution in [-0.2, 0) is 0 Å². The van der Waals surface area contributed by atoms with Gasteiger partial charge in [-0.1, -0.05) is 34.2 Å². The van der Waals surface area contributed by atoms with E-state index in [1.807, 2.05) is 36.1 Å². The van der Waals surface area contributed by atoms with Crippen LogP contribution in [0.4, 0.5) is 15.8 Å². The third-order valence-electron chi connectivity index (χ3n) is 2.95. The van der Waals surface area contributed by atoms with Gasteiger partial charge in [0.05, 0.1) is 5.69 Å². The van der Waals surface area contributed by atoms with Crippen LogP contribution >= 0.6 is 28.1 Å². The molecule has 0 saturated carbocycles. The van der Waals surface area contributed by atoms with Gasteiger partial charge in [-0.05, 0) is 43.3 Å². The lowest BCUT2D eigenvalue weighted by atomic mass is 10.1. The first-order valence-electron chi connectivity index (χ1n) is 6.15. The molecule has 0 heterocycles. The van der Waals surface area contributed by atoms with Crippen molar-refractivity contribution in [2.45, 2.75) is 6.92 Å². The number of thiocarbonyl (C=S) groups is 1. The van der Waals surface area contributed by atoms with E-state index < -0.39 is 0 Å². The second kappa shape index (κ2) is 6.33. The van der Waals surface area contributed by atoms with Gasteiger partial charge in [-0.25, -0.2) is 4.39 Å². The van der Waals surface area contributed by atoms with Gasteiger partial charge in [0.25, 0.3) is 0 Å². The molecule has 0 aromatic heterocycles. The van der Waals surface area contributed by atoms with Gasteiger partial charge in [0.2, 0.25) is 0 Å². The van der Waals surface area contributed by atoms with E-state index in [1.165, 1.54) is 12.1 Å². The van der Waals surface area contributed by atoms with Crippen LogP contribution < -0.4 is 10.6 Å². The molecule has 0 aliphatic carbocycles. The molecule has 0 aliphatic heterocycles. The van der Waals surface area contributed by atoms with Crippen molar-refractivity contribution < 1.29 is 4.39 Å². The molecule has 0 spiro atoms. The molecule has 5 heteroatoms. The first-order chi connectivity index (χ1) is 9.52. The molecule has 2 aromatic rings.